The van der Waals surface area contributed by atoms with E-state index in [1.165, 1.54) is 51.4 Å². The average Bonchev–Trinajstić information content (AvgIpc) is 2.28. The van der Waals surface area contributed by atoms with Gasteiger partial charge in [-0.2, -0.15) is 0 Å². The quantitative estimate of drug-likeness (QED) is 0.323. The fourth-order valence-corrected chi connectivity index (χ4v) is 4.26. The topological polar surface area (TPSA) is 0 Å². The summed E-state index contributed by atoms with van der Waals surface area (Å²) in [5.41, 5.74) is 0. The summed E-state index contributed by atoms with van der Waals surface area (Å²) in [6, 6.07) is 0. The molecule has 0 fully saturated rings. The summed E-state index contributed by atoms with van der Waals surface area (Å²) in [6.07, 6.45) is 13.5. The monoisotopic (exact) mass is 262 g/mol. The van der Waals surface area contributed by atoms with Crippen LogP contribution in [0, 0.1) is 5.92 Å². The van der Waals surface area contributed by atoms with Crippen LogP contribution in [0.3, 0.4) is 0 Å². The summed E-state index contributed by atoms with van der Waals surface area (Å²) < 4.78 is 0. The van der Waals surface area contributed by atoms with Gasteiger partial charge in [0, 0.05) is 5.25 Å². The number of hydrogen-bond donors (Lipinski definition) is 0. The van der Waals surface area contributed by atoms with Crippen LogP contribution in [0.2, 0.25) is 0 Å². The first-order valence-corrected chi connectivity index (χ1v) is 9.57. The molecule has 0 N–H and O–H groups in total. The second-order valence-corrected chi connectivity index (χ2v) is 7.57. The van der Waals surface area contributed by atoms with E-state index < -0.39 is 0 Å². The van der Waals surface area contributed by atoms with E-state index in [1.807, 2.05) is 10.8 Å². The van der Waals surface area contributed by atoms with E-state index in [9.17, 15) is 0 Å². The minimum atomic E-state index is 0.836. The molecule has 0 nitrogen and oxygen atoms in total. The lowest BCUT2D eigenvalue weighted by molar-refractivity contribution is 0.411. The van der Waals surface area contributed by atoms with Crippen molar-refractivity contribution in [3.8, 4) is 0 Å². The van der Waals surface area contributed by atoms with Crippen LogP contribution in [0.5, 0.6) is 0 Å². The highest BCUT2D eigenvalue weighted by molar-refractivity contribution is 8.76. The summed E-state index contributed by atoms with van der Waals surface area (Å²) in [5.74, 6) is 0.953. The molecule has 0 saturated heterocycles. The van der Waals surface area contributed by atoms with Gasteiger partial charge in [-0.3, -0.25) is 0 Å². The fourth-order valence-electron chi connectivity index (χ4n) is 2.14. The zero-order valence-electron chi connectivity index (χ0n) is 11.6. The third-order valence-electron chi connectivity index (χ3n) is 3.27. The van der Waals surface area contributed by atoms with Gasteiger partial charge in [-0.1, -0.05) is 80.9 Å². The summed E-state index contributed by atoms with van der Waals surface area (Å²) in [7, 11) is 4.00. The molecule has 0 radical (unpaired) electrons. The Kier molecular flexibility index (Phi) is 12.7. The number of rotatable bonds is 11. The van der Waals surface area contributed by atoms with Gasteiger partial charge in [0.05, 0.1) is 0 Å². The highest BCUT2D eigenvalue weighted by atomic mass is 33.1. The zero-order chi connectivity index (χ0) is 12.2. The Bertz CT molecular complexity index is 137. The van der Waals surface area contributed by atoms with Gasteiger partial charge in [0.1, 0.15) is 0 Å². The molecule has 0 amide bonds. The summed E-state index contributed by atoms with van der Waals surface area (Å²) in [5, 5.41) is 0.836. The third-order valence-corrected chi connectivity index (χ3v) is 5.64. The van der Waals surface area contributed by atoms with Gasteiger partial charge in [0.2, 0.25) is 0 Å². The van der Waals surface area contributed by atoms with E-state index in [4.69, 9.17) is 0 Å². The Hall–Kier alpha value is 0.700. The first-order valence-electron chi connectivity index (χ1n) is 6.95. The second-order valence-electron chi connectivity index (χ2n) is 4.72. The lowest BCUT2D eigenvalue weighted by Gasteiger charge is -2.22. The first kappa shape index (κ1) is 16.7. The minimum Gasteiger partial charge on any atom is -0.0973 e. The Morgan fingerprint density at radius 3 is 2.06 bits per heavy atom. The van der Waals surface area contributed by atoms with Crippen molar-refractivity contribution in [2.45, 2.75) is 77.4 Å². The normalized spacial score (nSPS) is 15.0. The van der Waals surface area contributed by atoms with Crippen molar-refractivity contribution >= 4 is 21.6 Å². The maximum absolute atomic E-state index is 2.42. The summed E-state index contributed by atoms with van der Waals surface area (Å²) >= 11 is 0. The van der Waals surface area contributed by atoms with Crippen LogP contribution in [0.1, 0.15) is 72.1 Å². The second kappa shape index (κ2) is 12.2. The minimum absolute atomic E-state index is 0.836. The van der Waals surface area contributed by atoms with Gasteiger partial charge in [-0.25, -0.2) is 0 Å². The number of unbranched alkanes of at least 4 members (excludes halogenated alkanes) is 4. The molecule has 16 heavy (non-hydrogen) atoms. The molecule has 0 aromatic rings. The van der Waals surface area contributed by atoms with Crippen LogP contribution in [0.15, 0.2) is 0 Å². The molecule has 0 saturated carbocycles. The lowest BCUT2D eigenvalue weighted by Crippen LogP contribution is -2.13. The third kappa shape index (κ3) is 8.81. The van der Waals surface area contributed by atoms with E-state index in [0.717, 1.165) is 11.2 Å². The van der Waals surface area contributed by atoms with Crippen LogP contribution in [-0.4, -0.2) is 11.5 Å². The molecular weight excluding hydrogens is 232 g/mol. The Morgan fingerprint density at radius 1 is 0.875 bits per heavy atom. The molecule has 2 heteroatoms. The van der Waals surface area contributed by atoms with Gasteiger partial charge in [-0.15, -0.1) is 0 Å². The highest BCUT2D eigenvalue weighted by Crippen LogP contribution is 2.34. The molecular formula is C14H30S2. The van der Waals surface area contributed by atoms with Crippen molar-refractivity contribution in [3.63, 3.8) is 0 Å². The van der Waals surface area contributed by atoms with Gasteiger partial charge in [0.25, 0.3) is 0 Å². The predicted octanol–water partition coefficient (Wildman–Crippen LogP) is 6.16. The molecule has 98 valence electrons. The van der Waals surface area contributed by atoms with Gasteiger partial charge in [-0.05, 0) is 25.0 Å². The van der Waals surface area contributed by atoms with Crippen molar-refractivity contribution in [2.75, 3.05) is 6.26 Å². The zero-order valence-corrected chi connectivity index (χ0v) is 13.3. The van der Waals surface area contributed by atoms with Crippen LogP contribution >= 0.6 is 21.6 Å². The molecule has 0 rings (SSSR count). The molecule has 0 aromatic heterocycles. The van der Waals surface area contributed by atoms with Crippen LogP contribution < -0.4 is 0 Å². The molecule has 0 spiro atoms. The smallest absolute Gasteiger partial charge is 0.0151 e. The van der Waals surface area contributed by atoms with Crippen molar-refractivity contribution in [1.29, 1.82) is 0 Å². The van der Waals surface area contributed by atoms with Crippen molar-refractivity contribution in [2.24, 2.45) is 5.92 Å². The largest absolute Gasteiger partial charge is 0.0973 e. The van der Waals surface area contributed by atoms with Crippen molar-refractivity contribution < 1.29 is 0 Å². The first-order chi connectivity index (χ1) is 7.76. The molecule has 0 bridgehead atoms. The Labute approximate surface area is 111 Å². The average molecular weight is 263 g/mol. The van der Waals surface area contributed by atoms with Crippen molar-refractivity contribution in [1.82, 2.24) is 0 Å². The summed E-state index contributed by atoms with van der Waals surface area (Å²) in [6.45, 7) is 7.02. The van der Waals surface area contributed by atoms with E-state index in [-0.39, 0.29) is 0 Å². The predicted molar refractivity (Wildman–Crippen MR) is 82.3 cm³/mol. The molecule has 0 heterocycles. The molecule has 0 aromatic carbocycles. The molecule has 0 aliphatic rings. The van der Waals surface area contributed by atoms with Crippen molar-refractivity contribution in [3.05, 3.63) is 0 Å². The SMILES string of the molecule is CCCCCCC(CCCC)C(C)SSC. The Morgan fingerprint density at radius 2 is 1.50 bits per heavy atom. The molecule has 0 aliphatic heterocycles. The Balaban J connectivity index is 3.79. The van der Waals surface area contributed by atoms with Crippen LogP contribution in [0.4, 0.5) is 0 Å². The van der Waals surface area contributed by atoms with Gasteiger partial charge >= 0.3 is 0 Å². The molecule has 2 unspecified atom stereocenters. The van der Waals surface area contributed by atoms with Gasteiger partial charge in [0.15, 0.2) is 0 Å². The summed E-state index contributed by atoms with van der Waals surface area (Å²) in [4.78, 5) is 0. The molecule has 0 aliphatic carbocycles. The standard InChI is InChI=1S/C14H30S2/c1-5-7-9-10-12-14(11-8-6-2)13(3)16-15-4/h13-14H,5-12H2,1-4H3. The number of hydrogen-bond acceptors (Lipinski definition) is 2. The van der Waals surface area contributed by atoms with E-state index in [0.29, 0.717) is 0 Å². The van der Waals surface area contributed by atoms with Crippen LogP contribution in [-0.2, 0) is 0 Å². The van der Waals surface area contributed by atoms with Crippen LogP contribution in [0.25, 0.3) is 0 Å². The van der Waals surface area contributed by atoms with Gasteiger partial charge < -0.3 is 0 Å². The maximum Gasteiger partial charge on any atom is 0.0151 e. The fraction of sp³-hybridized carbons (Fsp3) is 1.00. The van der Waals surface area contributed by atoms with E-state index in [1.54, 1.807) is 0 Å². The highest BCUT2D eigenvalue weighted by Gasteiger charge is 2.16. The van der Waals surface area contributed by atoms with E-state index >= 15 is 0 Å². The lowest BCUT2D eigenvalue weighted by atomic mass is 9.92. The maximum atomic E-state index is 2.42. The van der Waals surface area contributed by atoms with E-state index in [2.05, 4.69) is 37.8 Å². The molecule has 2 atom stereocenters.